The zero-order valence-corrected chi connectivity index (χ0v) is 13.1. The number of hydrogen-bond donors (Lipinski definition) is 1. The molecule has 2 rings (SSSR count). The van der Waals surface area contributed by atoms with Crippen LogP contribution in [0.1, 0.15) is 52.5 Å². The molecule has 1 aromatic heterocycles. The van der Waals surface area contributed by atoms with E-state index >= 15 is 0 Å². The molecular weight excluding hydrogens is 250 g/mol. The van der Waals surface area contributed by atoms with E-state index in [1.807, 2.05) is 13.1 Å². The van der Waals surface area contributed by atoms with E-state index in [2.05, 4.69) is 34.9 Å². The molecule has 4 nitrogen and oxygen atoms in total. The van der Waals surface area contributed by atoms with Gasteiger partial charge in [0.2, 0.25) is 5.95 Å². The van der Waals surface area contributed by atoms with Gasteiger partial charge in [-0.3, -0.25) is 0 Å². The van der Waals surface area contributed by atoms with Crippen LogP contribution in [0.25, 0.3) is 0 Å². The van der Waals surface area contributed by atoms with E-state index in [1.54, 1.807) is 0 Å². The standard InChI is InChI=1S/C16H29N3O/c1-4-20-11-5-8-17-16-18-9-10-19(16)15-7-6-13(2)12-14(15)3/h9-10,13-15H,4-8,11-12H2,1-3H3,(H,17,18). The Balaban J connectivity index is 1.88. The van der Waals surface area contributed by atoms with Crippen molar-refractivity contribution in [3.63, 3.8) is 0 Å². The number of hydrogen-bond acceptors (Lipinski definition) is 3. The molecule has 3 atom stereocenters. The van der Waals surface area contributed by atoms with Crippen LogP contribution in [0.2, 0.25) is 0 Å². The molecule has 1 aromatic rings. The predicted octanol–water partition coefficient (Wildman–Crippen LogP) is 3.72. The Morgan fingerprint density at radius 1 is 1.40 bits per heavy atom. The number of nitrogens with zero attached hydrogens (tertiary/aromatic N) is 2. The molecule has 1 aliphatic carbocycles. The van der Waals surface area contributed by atoms with E-state index in [4.69, 9.17) is 4.74 Å². The summed E-state index contributed by atoms with van der Waals surface area (Å²) in [6.45, 7) is 9.32. The second-order valence-corrected chi connectivity index (χ2v) is 6.10. The Morgan fingerprint density at radius 2 is 2.25 bits per heavy atom. The van der Waals surface area contributed by atoms with Gasteiger partial charge in [-0.05, 0) is 44.4 Å². The summed E-state index contributed by atoms with van der Waals surface area (Å²) in [5.74, 6) is 2.62. The molecule has 1 aliphatic rings. The van der Waals surface area contributed by atoms with Crippen LogP contribution in [-0.4, -0.2) is 29.3 Å². The maximum atomic E-state index is 5.36. The SMILES string of the molecule is CCOCCCNc1nccn1C1CCC(C)CC1C. The third-order valence-corrected chi connectivity index (χ3v) is 4.36. The third-order valence-electron chi connectivity index (χ3n) is 4.36. The molecule has 3 unspecified atom stereocenters. The Hall–Kier alpha value is -1.03. The Bertz CT molecular complexity index is 391. The molecule has 1 N–H and O–H groups in total. The molecule has 0 spiro atoms. The highest BCUT2D eigenvalue weighted by Crippen LogP contribution is 2.37. The van der Waals surface area contributed by atoms with E-state index in [-0.39, 0.29) is 0 Å². The van der Waals surface area contributed by atoms with Crippen molar-refractivity contribution >= 4 is 5.95 Å². The predicted molar refractivity (Wildman–Crippen MR) is 83.0 cm³/mol. The van der Waals surface area contributed by atoms with Gasteiger partial charge in [0.05, 0.1) is 0 Å². The highest BCUT2D eigenvalue weighted by Gasteiger charge is 2.27. The van der Waals surface area contributed by atoms with Crippen molar-refractivity contribution in [2.24, 2.45) is 11.8 Å². The summed E-state index contributed by atoms with van der Waals surface area (Å²) in [6, 6.07) is 0.600. The van der Waals surface area contributed by atoms with Crippen molar-refractivity contribution in [1.29, 1.82) is 0 Å². The summed E-state index contributed by atoms with van der Waals surface area (Å²) in [4.78, 5) is 4.47. The molecule has 20 heavy (non-hydrogen) atoms. The first-order valence-electron chi connectivity index (χ1n) is 8.06. The third kappa shape index (κ3) is 3.98. The zero-order chi connectivity index (χ0) is 14.4. The minimum absolute atomic E-state index is 0.600. The molecule has 0 aromatic carbocycles. The molecule has 114 valence electrons. The van der Waals surface area contributed by atoms with Crippen LogP contribution in [0, 0.1) is 11.8 Å². The summed E-state index contributed by atoms with van der Waals surface area (Å²) in [5, 5.41) is 3.45. The normalized spacial score (nSPS) is 26.6. The summed E-state index contributed by atoms with van der Waals surface area (Å²) in [5.41, 5.74) is 0. The number of ether oxygens (including phenoxy) is 1. The summed E-state index contributed by atoms with van der Waals surface area (Å²) < 4.78 is 7.71. The molecular formula is C16H29N3O. The monoisotopic (exact) mass is 279 g/mol. The number of imidazole rings is 1. The van der Waals surface area contributed by atoms with Crippen molar-refractivity contribution < 1.29 is 4.74 Å². The highest BCUT2D eigenvalue weighted by molar-refractivity contribution is 5.26. The number of nitrogens with one attached hydrogen (secondary N) is 1. The summed E-state index contributed by atoms with van der Waals surface area (Å²) in [7, 11) is 0. The maximum Gasteiger partial charge on any atom is 0.203 e. The quantitative estimate of drug-likeness (QED) is 0.773. The largest absolute Gasteiger partial charge is 0.382 e. The van der Waals surface area contributed by atoms with Crippen molar-refractivity contribution in [2.75, 3.05) is 25.1 Å². The van der Waals surface area contributed by atoms with Gasteiger partial charge in [-0.2, -0.15) is 0 Å². The molecule has 1 heterocycles. The highest BCUT2D eigenvalue weighted by atomic mass is 16.5. The lowest BCUT2D eigenvalue weighted by atomic mass is 9.80. The van der Waals surface area contributed by atoms with E-state index in [0.717, 1.165) is 44.0 Å². The average Bonchev–Trinajstić information content (AvgIpc) is 2.87. The van der Waals surface area contributed by atoms with Crippen molar-refractivity contribution in [2.45, 2.75) is 52.5 Å². The van der Waals surface area contributed by atoms with Gasteiger partial charge in [0, 0.05) is 38.2 Å². The minimum atomic E-state index is 0.600. The van der Waals surface area contributed by atoms with Crippen LogP contribution >= 0.6 is 0 Å². The van der Waals surface area contributed by atoms with Gasteiger partial charge >= 0.3 is 0 Å². The molecule has 0 bridgehead atoms. The van der Waals surface area contributed by atoms with Crippen molar-refractivity contribution in [3.8, 4) is 0 Å². The maximum absolute atomic E-state index is 5.36. The van der Waals surface area contributed by atoms with E-state index in [9.17, 15) is 0 Å². The Labute approximate surface area is 122 Å². The lowest BCUT2D eigenvalue weighted by Crippen LogP contribution is -2.25. The van der Waals surface area contributed by atoms with Gasteiger partial charge in [0.1, 0.15) is 0 Å². The van der Waals surface area contributed by atoms with E-state index in [1.165, 1.54) is 19.3 Å². The van der Waals surface area contributed by atoms with E-state index < -0.39 is 0 Å². The number of rotatable bonds is 7. The molecule has 0 saturated heterocycles. The van der Waals surface area contributed by atoms with Crippen LogP contribution in [0.15, 0.2) is 12.4 Å². The minimum Gasteiger partial charge on any atom is -0.382 e. The fourth-order valence-corrected chi connectivity index (χ4v) is 3.30. The molecule has 1 saturated carbocycles. The van der Waals surface area contributed by atoms with Gasteiger partial charge in [-0.15, -0.1) is 0 Å². The van der Waals surface area contributed by atoms with Gasteiger partial charge < -0.3 is 14.6 Å². The smallest absolute Gasteiger partial charge is 0.203 e. The fourth-order valence-electron chi connectivity index (χ4n) is 3.30. The number of anilines is 1. The van der Waals surface area contributed by atoms with Crippen LogP contribution < -0.4 is 5.32 Å². The topological polar surface area (TPSA) is 39.1 Å². The van der Waals surface area contributed by atoms with Crippen molar-refractivity contribution in [3.05, 3.63) is 12.4 Å². The van der Waals surface area contributed by atoms with Gasteiger partial charge in [-0.1, -0.05) is 13.8 Å². The number of aromatic nitrogens is 2. The van der Waals surface area contributed by atoms with E-state index in [0.29, 0.717) is 6.04 Å². The van der Waals surface area contributed by atoms with Crippen LogP contribution in [0.3, 0.4) is 0 Å². The molecule has 0 radical (unpaired) electrons. The first-order chi connectivity index (χ1) is 9.72. The second-order valence-electron chi connectivity index (χ2n) is 6.10. The molecule has 0 aliphatic heterocycles. The fraction of sp³-hybridized carbons (Fsp3) is 0.812. The zero-order valence-electron chi connectivity index (χ0n) is 13.1. The lowest BCUT2D eigenvalue weighted by molar-refractivity contribution is 0.147. The molecule has 4 heteroatoms. The summed E-state index contributed by atoms with van der Waals surface area (Å²) in [6.07, 6.45) is 8.99. The van der Waals surface area contributed by atoms with Crippen molar-refractivity contribution in [1.82, 2.24) is 9.55 Å². The van der Waals surface area contributed by atoms with Gasteiger partial charge in [0.25, 0.3) is 0 Å². The first-order valence-corrected chi connectivity index (χ1v) is 8.06. The lowest BCUT2D eigenvalue weighted by Gasteiger charge is -2.34. The van der Waals surface area contributed by atoms with Gasteiger partial charge in [0.15, 0.2) is 0 Å². The average molecular weight is 279 g/mol. The van der Waals surface area contributed by atoms with Gasteiger partial charge in [-0.25, -0.2) is 4.98 Å². The Morgan fingerprint density at radius 3 is 3.00 bits per heavy atom. The van der Waals surface area contributed by atoms with Crippen LogP contribution in [-0.2, 0) is 4.74 Å². The van der Waals surface area contributed by atoms with Crippen LogP contribution in [0.4, 0.5) is 5.95 Å². The molecule has 0 amide bonds. The summed E-state index contributed by atoms with van der Waals surface area (Å²) >= 11 is 0. The first kappa shape index (κ1) is 15.4. The van der Waals surface area contributed by atoms with Crippen LogP contribution in [0.5, 0.6) is 0 Å². The Kier molecular flexibility index (Phi) is 5.89. The second kappa shape index (κ2) is 7.67. The molecule has 1 fully saturated rings.